The van der Waals surface area contributed by atoms with Gasteiger partial charge < -0.3 is 9.80 Å². The molecule has 2 aromatic rings. The highest BCUT2D eigenvalue weighted by Gasteiger charge is 2.53. The number of amides is 2. The van der Waals surface area contributed by atoms with Crippen molar-refractivity contribution in [1.82, 2.24) is 9.80 Å². The number of thioether (sulfide) groups is 1. The molecule has 0 aliphatic carbocycles. The molecule has 0 radical (unpaired) electrons. The highest BCUT2D eigenvalue weighted by Crippen LogP contribution is 2.47. The maximum Gasteiger partial charge on any atom is 0.246 e. The number of nitriles is 1. The Labute approximate surface area is 179 Å². The lowest BCUT2D eigenvalue weighted by atomic mass is 10.1. The topological polar surface area (TPSA) is 64.4 Å². The average molecular weight is 424 g/mol. The fraction of sp³-hybridized carbons (Fsp3) is 0.348. The first-order valence-electron chi connectivity index (χ1n) is 9.88. The molecule has 5 nitrogen and oxygen atoms in total. The summed E-state index contributed by atoms with van der Waals surface area (Å²) >= 11 is 1.65. The molecule has 0 spiro atoms. The quantitative estimate of drug-likeness (QED) is 0.736. The van der Waals surface area contributed by atoms with Gasteiger partial charge in [-0.05, 0) is 48.7 Å². The summed E-state index contributed by atoms with van der Waals surface area (Å²) < 4.78 is 13.7. The van der Waals surface area contributed by atoms with Crippen LogP contribution in [0.25, 0.3) is 0 Å². The van der Waals surface area contributed by atoms with Crippen LogP contribution in [0.15, 0.2) is 48.5 Å². The highest BCUT2D eigenvalue weighted by atomic mass is 32.2. The second-order valence-electron chi connectivity index (χ2n) is 7.90. The predicted molar refractivity (Wildman–Crippen MR) is 113 cm³/mol. The molecule has 2 atom stereocenters. The van der Waals surface area contributed by atoms with E-state index in [4.69, 9.17) is 5.26 Å². The number of carbonyl (C=O) groups excluding carboxylic acids is 2. The summed E-state index contributed by atoms with van der Waals surface area (Å²) in [5.74, 6) is 0.102. The number of hydrogen-bond acceptors (Lipinski definition) is 4. The number of halogens is 1. The van der Waals surface area contributed by atoms with Gasteiger partial charge in [-0.2, -0.15) is 5.26 Å². The van der Waals surface area contributed by atoms with Crippen molar-refractivity contribution in [2.45, 2.75) is 43.8 Å². The smallest absolute Gasteiger partial charge is 0.246 e. The Morgan fingerprint density at radius 1 is 1.27 bits per heavy atom. The lowest BCUT2D eigenvalue weighted by Gasteiger charge is -2.33. The van der Waals surface area contributed by atoms with Crippen molar-refractivity contribution in [2.24, 2.45) is 0 Å². The third kappa shape index (κ3) is 3.92. The minimum atomic E-state index is -0.512. The van der Waals surface area contributed by atoms with Crippen LogP contribution in [0.5, 0.6) is 0 Å². The van der Waals surface area contributed by atoms with Gasteiger partial charge in [-0.3, -0.25) is 9.59 Å². The first-order chi connectivity index (χ1) is 14.4. The molecule has 2 heterocycles. The van der Waals surface area contributed by atoms with E-state index >= 15 is 0 Å². The van der Waals surface area contributed by atoms with Crippen LogP contribution in [-0.2, 0) is 22.7 Å². The van der Waals surface area contributed by atoms with Crippen molar-refractivity contribution >= 4 is 23.6 Å². The van der Waals surface area contributed by atoms with Crippen LogP contribution in [0.1, 0.15) is 36.5 Å². The molecule has 2 aliphatic heterocycles. The van der Waals surface area contributed by atoms with E-state index < -0.39 is 6.04 Å². The molecule has 2 aliphatic rings. The normalized spacial score (nSPS) is 22.6. The zero-order valence-electron chi connectivity index (χ0n) is 16.7. The molecule has 0 N–H and O–H groups in total. The number of rotatable bonds is 5. The van der Waals surface area contributed by atoms with E-state index in [1.165, 1.54) is 12.1 Å². The van der Waals surface area contributed by atoms with Crippen molar-refractivity contribution in [3.05, 3.63) is 71.0 Å². The van der Waals surface area contributed by atoms with Gasteiger partial charge in [0.2, 0.25) is 11.8 Å². The lowest BCUT2D eigenvalue weighted by Crippen LogP contribution is -2.51. The van der Waals surface area contributed by atoms with E-state index in [9.17, 15) is 14.0 Å². The second-order valence-corrected chi connectivity index (χ2v) is 9.40. The Morgan fingerprint density at radius 3 is 2.70 bits per heavy atom. The third-order valence-corrected chi connectivity index (χ3v) is 7.27. The fourth-order valence-electron chi connectivity index (χ4n) is 4.19. The Kier molecular flexibility index (Phi) is 5.52. The van der Waals surface area contributed by atoms with Gasteiger partial charge in [-0.15, -0.1) is 11.8 Å². The van der Waals surface area contributed by atoms with E-state index in [1.54, 1.807) is 45.8 Å². The molecule has 2 fully saturated rings. The van der Waals surface area contributed by atoms with Crippen molar-refractivity contribution in [1.29, 1.82) is 5.26 Å². The van der Waals surface area contributed by atoms with Gasteiger partial charge in [-0.25, -0.2) is 4.39 Å². The van der Waals surface area contributed by atoms with Crippen molar-refractivity contribution < 1.29 is 14.0 Å². The van der Waals surface area contributed by atoms with Gasteiger partial charge in [0.15, 0.2) is 0 Å². The van der Waals surface area contributed by atoms with E-state index in [1.807, 2.05) is 19.1 Å². The second kappa shape index (κ2) is 8.11. The summed E-state index contributed by atoms with van der Waals surface area (Å²) in [7, 11) is 0. The van der Waals surface area contributed by atoms with Gasteiger partial charge in [0.25, 0.3) is 0 Å². The SMILES string of the molecule is CC12CCC(=O)N1C(C(=O)N(Cc1ccc(C#N)cc1)Cc1cccc(F)c1)CS2. The molecule has 2 amide bonds. The number of fused-ring (bicyclic) bond motifs is 1. The number of benzene rings is 2. The minimum Gasteiger partial charge on any atom is -0.332 e. The van der Waals surface area contributed by atoms with Gasteiger partial charge in [-0.1, -0.05) is 24.3 Å². The molecule has 2 aromatic carbocycles. The Morgan fingerprint density at radius 2 is 2.00 bits per heavy atom. The molecule has 4 rings (SSSR count). The molecular weight excluding hydrogens is 401 g/mol. The summed E-state index contributed by atoms with van der Waals surface area (Å²) in [6, 6.07) is 14.9. The average Bonchev–Trinajstić information content (AvgIpc) is 3.23. The summed E-state index contributed by atoms with van der Waals surface area (Å²) in [4.78, 5) is 29.2. The molecule has 2 saturated heterocycles. The van der Waals surface area contributed by atoms with Gasteiger partial charge in [0.1, 0.15) is 11.9 Å². The van der Waals surface area contributed by atoms with E-state index in [0.717, 1.165) is 12.0 Å². The van der Waals surface area contributed by atoms with Crippen LogP contribution in [-0.4, -0.2) is 38.3 Å². The number of carbonyl (C=O) groups is 2. The first kappa shape index (κ1) is 20.4. The Bertz CT molecular complexity index is 1020. The summed E-state index contributed by atoms with van der Waals surface area (Å²) in [5.41, 5.74) is 2.12. The molecule has 0 bridgehead atoms. The molecular formula is C23H22FN3O2S. The number of nitrogens with zero attached hydrogens (tertiary/aromatic N) is 3. The van der Waals surface area contributed by atoms with Crippen LogP contribution in [0.2, 0.25) is 0 Å². The zero-order valence-corrected chi connectivity index (χ0v) is 17.5. The predicted octanol–water partition coefficient (Wildman–Crippen LogP) is 3.68. The van der Waals surface area contributed by atoms with Crippen LogP contribution in [0, 0.1) is 17.1 Å². The van der Waals surface area contributed by atoms with E-state index in [2.05, 4.69) is 6.07 Å². The monoisotopic (exact) mass is 423 g/mol. The van der Waals surface area contributed by atoms with Crippen molar-refractivity contribution in [2.75, 3.05) is 5.75 Å². The zero-order chi connectivity index (χ0) is 21.3. The number of hydrogen-bond donors (Lipinski definition) is 0. The molecule has 2 unspecified atom stereocenters. The summed E-state index contributed by atoms with van der Waals surface area (Å²) in [6.45, 7) is 2.59. The van der Waals surface area contributed by atoms with Crippen LogP contribution in [0.3, 0.4) is 0 Å². The van der Waals surface area contributed by atoms with Gasteiger partial charge in [0.05, 0.1) is 16.5 Å². The molecule has 30 heavy (non-hydrogen) atoms. The first-order valence-corrected chi connectivity index (χ1v) is 10.9. The molecule has 154 valence electrons. The van der Waals surface area contributed by atoms with Crippen molar-refractivity contribution in [3.8, 4) is 6.07 Å². The molecule has 0 saturated carbocycles. The van der Waals surface area contributed by atoms with Gasteiger partial charge >= 0.3 is 0 Å². The summed E-state index contributed by atoms with van der Waals surface area (Å²) in [6.07, 6.45) is 1.21. The summed E-state index contributed by atoms with van der Waals surface area (Å²) in [5, 5.41) is 9.01. The molecule has 0 aromatic heterocycles. The van der Waals surface area contributed by atoms with Gasteiger partial charge in [0, 0.05) is 25.3 Å². The Balaban J connectivity index is 1.61. The van der Waals surface area contributed by atoms with Crippen LogP contribution < -0.4 is 0 Å². The largest absolute Gasteiger partial charge is 0.332 e. The van der Waals surface area contributed by atoms with Crippen LogP contribution in [0.4, 0.5) is 4.39 Å². The third-order valence-electron chi connectivity index (χ3n) is 5.76. The maximum absolute atomic E-state index is 13.7. The lowest BCUT2D eigenvalue weighted by molar-refractivity contribution is -0.144. The fourth-order valence-corrected chi connectivity index (χ4v) is 5.61. The standard InChI is InChI=1S/C23H22FN3O2S/c1-23-10-9-21(28)27(23)20(15-30-23)22(29)26(14-18-3-2-4-19(24)11-18)13-17-7-5-16(12-25)6-8-17/h2-8,11,20H,9-10,13-15H2,1H3. The van der Waals surface area contributed by atoms with E-state index in [-0.39, 0.29) is 29.0 Å². The van der Waals surface area contributed by atoms with Crippen LogP contribution >= 0.6 is 11.8 Å². The van der Waals surface area contributed by atoms with E-state index in [0.29, 0.717) is 29.8 Å². The maximum atomic E-state index is 13.7. The minimum absolute atomic E-state index is 0.0185. The van der Waals surface area contributed by atoms with Crippen molar-refractivity contribution in [3.63, 3.8) is 0 Å². The Hall–Kier alpha value is -2.85. The highest BCUT2D eigenvalue weighted by molar-refractivity contribution is 8.01. The molecule has 7 heteroatoms.